The molecule has 1 amide bonds. The molecule has 1 aromatic heterocycles. The molecule has 1 unspecified atom stereocenters. The first-order chi connectivity index (χ1) is 12.5. The van der Waals surface area contributed by atoms with Gasteiger partial charge in [0.1, 0.15) is 5.82 Å². The van der Waals surface area contributed by atoms with E-state index in [2.05, 4.69) is 10.1 Å². The van der Waals surface area contributed by atoms with E-state index in [9.17, 15) is 9.18 Å². The van der Waals surface area contributed by atoms with E-state index in [1.165, 1.54) is 6.07 Å². The van der Waals surface area contributed by atoms with Gasteiger partial charge in [0.15, 0.2) is 5.82 Å². The quantitative estimate of drug-likeness (QED) is 0.686. The lowest BCUT2D eigenvalue weighted by Crippen LogP contribution is -2.25. The molecule has 1 aliphatic heterocycles. The van der Waals surface area contributed by atoms with E-state index in [-0.39, 0.29) is 24.1 Å². The second-order valence-electron chi connectivity index (χ2n) is 6.26. The molecule has 0 bridgehead atoms. The fourth-order valence-corrected chi connectivity index (χ4v) is 3.33. The Morgan fingerprint density at radius 1 is 1.27 bits per heavy atom. The van der Waals surface area contributed by atoms with Crippen LogP contribution in [0.2, 0.25) is 5.02 Å². The van der Waals surface area contributed by atoms with Gasteiger partial charge in [0, 0.05) is 40.7 Å². The minimum absolute atomic E-state index is 0.0854. The highest BCUT2D eigenvalue weighted by molar-refractivity contribution is 6.30. The molecule has 7 heteroatoms. The zero-order valence-corrected chi connectivity index (χ0v) is 14.7. The molecule has 1 aliphatic rings. The van der Waals surface area contributed by atoms with Crippen molar-refractivity contribution in [2.45, 2.75) is 19.3 Å². The lowest BCUT2D eigenvalue weighted by Gasteiger charge is -2.18. The van der Waals surface area contributed by atoms with Gasteiger partial charge in [-0.05, 0) is 37.3 Å². The Balaban J connectivity index is 1.59. The Morgan fingerprint density at radius 3 is 2.88 bits per heavy atom. The van der Waals surface area contributed by atoms with E-state index in [4.69, 9.17) is 16.1 Å². The monoisotopic (exact) mass is 371 g/mol. The second-order valence-corrected chi connectivity index (χ2v) is 6.69. The number of hydrogen-bond acceptors (Lipinski definition) is 4. The third-order valence-corrected chi connectivity index (χ3v) is 4.77. The lowest BCUT2D eigenvalue weighted by atomic mass is 10.1. The second kappa shape index (κ2) is 6.53. The van der Waals surface area contributed by atoms with Crippen molar-refractivity contribution >= 4 is 23.2 Å². The van der Waals surface area contributed by atoms with Crippen molar-refractivity contribution in [3.63, 3.8) is 0 Å². The van der Waals surface area contributed by atoms with E-state index < -0.39 is 0 Å². The van der Waals surface area contributed by atoms with Gasteiger partial charge in [-0.1, -0.05) is 28.9 Å². The van der Waals surface area contributed by atoms with Crippen LogP contribution in [0.15, 0.2) is 47.0 Å². The molecule has 5 nitrogen and oxygen atoms in total. The van der Waals surface area contributed by atoms with Gasteiger partial charge < -0.3 is 9.42 Å². The molecule has 4 rings (SSSR count). The SMILES string of the molecule is Cc1c(F)cccc1N1CC(c2noc(-c3cccc(Cl)c3)n2)CC1=O. The summed E-state index contributed by atoms with van der Waals surface area (Å²) in [7, 11) is 0. The van der Waals surface area contributed by atoms with Crippen molar-refractivity contribution in [1.82, 2.24) is 10.1 Å². The van der Waals surface area contributed by atoms with Crippen molar-refractivity contribution in [3.8, 4) is 11.5 Å². The summed E-state index contributed by atoms with van der Waals surface area (Å²) in [6, 6.07) is 11.8. The highest BCUT2D eigenvalue weighted by atomic mass is 35.5. The van der Waals surface area contributed by atoms with Crippen LogP contribution in [0.3, 0.4) is 0 Å². The number of carbonyl (C=O) groups is 1. The summed E-state index contributed by atoms with van der Waals surface area (Å²) in [6.45, 7) is 2.05. The summed E-state index contributed by atoms with van der Waals surface area (Å²) < 4.78 is 19.1. The maximum Gasteiger partial charge on any atom is 0.257 e. The Hall–Kier alpha value is -2.73. The van der Waals surface area contributed by atoms with Gasteiger partial charge in [0.2, 0.25) is 5.91 Å². The smallest absolute Gasteiger partial charge is 0.257 e. The average Bonchev–Trinajstić information content (AvgIpc) is 3.24. The van der Waals surface area contributed by atoms with E-state index in [0.29, 0.717) is 34.5 Å². The Morgan fingerprint density at radius 2 is 2.08 bits per heavy atom. The maximum absolute atomic E-state index is 13.8. The van der Waals surface area contributed by atoms with Crippen LogP contribution in [0.25, 0.3) is 11.5 Å². The molecule has 0 spiro atoms. The number of aromatic nitrogens is 2. The zero-order valence-electron chi connectivity index (χ0n) is 13.9. The molecule has 0 radical (unpaired) electrons. The fraction of sp³-hybridized carbons (Fsp3) is 0.211. The van der Waals surface area contributed by atoms with E-state index in [1.807, 2.05) is 6.07 Å². The summed E-state index contributed by atoms with van der Waals surface area (Å²) in [6.07, 6.45) is 0.254. The van der Waals surface area contributed by atoms with Crippen LogP contribution in [0, 0.1) is 12.7 Å². The molecule has 1 fully saturated rings. The number of hydrogen-bond donors (Lipinski definition) is 0. The Bertz CT molecular complexity index is 988. The molecule has 1 saturated heterocycles. The molecular formula is C19H15ClFN3O2. The van der Waals surface area contributed by atoms with Gasteiger partial charge >= 0.3 is 0 Å². The number of rotatable bonds is 3. The third-order valence-electron chi connectivity index (χ3n) is 4.53. The first kappa shape index (κ1) is 16.7. The van der Waals surface area contributed by atoms with Crippen molar-refractivity contribution in [2.24, 2.45) is 0 Å². The number of nitrogens with zero attached hydrogens (tertiary/aromatic N) is 3. The van der Waals surface area contributed by atoms with Crippen LogP contribution >= 0.6 is 11.6 Å². The largest absolute Gasteiger partial charge is 0.334 e. The Labute approximate surface area is 154 Å². The van der Waals surface area contributed by atoms with Gasteiger partial charge in [-0.15, -0.1) is 0 Å². The number of benzene rings is 2. The van der Waals surface area contributed by atoms with E-state index >= 15 is 0 Å². The topological polar surface area (TPSA) is 59.2 Å². The number of halogens is 2. The summed E-state index contributed by atoms with van der Waals surface area (Å²) in [5.74, 6) is 0.196. The van der Waals surface area contributed by atoms with Crippen LogP contribution in [-0.4, -0.2) is 22.6 Å². The number of amides is 1. The van der Waals surface area contributed by atoms with Gasteiger partial charge in [0.05, 0.1) is 0 Å². The average molecular weight is 372 g/mol. The van der Waals surface area contributed by atoms with Crippen molar-refractivity contribution < 1.29 is 13.7 Å². The predicted molar refractivity (Wildman–Crippen MR) is 95.6 cm³/mol. The highest BCUT2D eigenvalue weighted by Crippen LogP contribution is 2.33. The molecule has 0 N–H and O–H groups in total. The summed E-state index contributed by atoms with van der Waals surface area (Å²) in [5.41, 5.74) is 1.75. The van der Waals surface area contributed by atoms with Gasteiger partial charge in [0.25, 0.3) is 5.89 Å². The molecule has 2 heterocycles. The van der Waals surface area contributed by atoms with E-state index in [1.54, 1.807) is 42.2 Å². The highest BCUT2D eigenvalue weighted by Gasteiger charge is 2.35. The molecular weight excluding hydrogens is 357 g/mol. The molecule has 0 aliphatic carbocycles. The van der Waals surface area contributed by atoms with Crippen LogP contribution < -0.4 is 4.90 Å². The van der Waals surface area contributed by atoms with Crippen LogP contribution in [0.5, 0.6) is 0 Å². The maximum atomic E-state index is 13.8. The molecule has 26 heavy (non-hydrogen) atoms. The first-order valence-corrected chi connectivity index (χ1v) is 8.56. The molecule has 132 valence electrons. The van der Waals surface area contributed by atoms with Gasteiger partial charge in [-0.25, -0.2) is 4.39 Å². The van der Waals surface area contributed by atoms with Crippen LogP contribution in [-0.2, 0) is 4.79 Å². The fourth-order valence-electron chi connectivity index (χ4n) is 3.14. The predicted octanol–water partition coefficient (Wildman–Crippen LogP) is 4.36. The van der Waals surface area contributed by atoms with Crippen molar-refractivity contribution in [3.05, 3.63) is 64.7 Å². The minimum Gasteiger partial charge on any atom is -0.334 e. The summed E-state index contributed by atoms with van der Waals surface area (Å²) >= 11 is 5.99. The van der Waals surface area contributed by atoms with Crippen molar-refractivity contribution in [1.29, 1.82) is 0 Å². The van der Waals surface area contributed by atoms with Gasteiger partial charge in [-0.2, -0.15) is 4.98 Å². The van der Waals surface area contributed by atoms with Crippen LogP contribution in [0.1, 0.15) is 23.7 Å². The summed E-state index contributed by atoms with van der Waals surface area (Å²) in [5, 5.41) is 4.60. The van der Waals surface area contributed by atoms with Crippen LogP contribution in [0.4, 0.5) is 10.1 Å². The molecule has 0 saturated carbocycles. The molecule has 2 aromatic carbocycles. The number of anilines is 1. The Kier molecular flexibility index (Phi) is 4.20. The van der Waals surface area contributed by atoms with Crippen molar-refractivity contribution in [2.75, 3.05) is 11.4 Å². The van der Waals surface area contributed by atoms with E-state index in [0.717, 1.165) is 5.56 Å². The lowest BCUT2D eigenvalue weighted by molar-refractivity contribution is -0.117. The third kappa shape index (κ3) is 2.97. The van der Waals surface area contributed by atoms with Gasteiger partial charge in [-0.3, -0.25) is 4.79 Å². The molecule has 1 atom stereocenters. The minimum atomic E-state index is -0.332. The standard InChI is InChI=1S/C19H15ClFN3O2/c1-11-15(21)6-3-7-16(11)24-10-13(9-17(24)25)18-22-19(26-23-18)12-4-2-5-14(20)8-12/h2-8,13H,9-10H2,1H3. The zero-order chi connectivity index (χ0) is 18.3. The first-order valence-electron chi connectivity index (χ1n) is 8.18. The summed E-state index contributed by atoms with van der Waals surface area (Å²) in [4.78, 5) is 18.4. The molecule has 3 aromatic rings. The normalized spacial score (nSPS) is 17.1. The number of carbonyl (C=O) groups excluding carboxylic acids is 1.